The molecular formula is C43H56O3S. The second-order valence-electron chi connectivity index (χ2n) is 12.7. The normalized spacial score (nSPS) is 11.9. The molecule has 0 aromatic heterocycles. The third-order valence-electron chi connectivity index (χ3n) is 8.73. The van der Waals surface area contributed by atoms with Crippen LogP contribution in [0.25, 0.3) is 0 Å². The summed E-state index contributed by atoms with van der Waals surface area (Å²) in [6.07, 6.45) is 11.8. The smallest absolute Gasteiger partial charge is 0.353 e. The molecule has 0 unspecified atom stereocenters. The van der Waals surface area contributed by atoms with Crippen LogP contribution in [0, 0.1) is 0 Å². The standard InChI is InChI=1S/C43H56O3S/c1-7-18-32-28-34(20-9-3)41(35(29-32)21-10-4)47(38-24-14-13-15-25-38,46-43(45)39-26-16-17-27-40(39)44)42-36(22-11-5)30-33(19-8-2)31-37(42)23-12-6/h13-17,24-31,44H,7-12,18-23H2,1-6H3. The fourth-order valence-corrected chi connectivity index (χ4v) is 10.9. The molecule has 0 saturated heterocycles. The van der Waals surface area contributed by atoms with E-state index in [-0.39, 0.29) is 11.3 Å². The Morgan fingerprint density at radius 1 is 0.553 bits per heavy atom. The fraction of sp³-hybridized carbons (Fsp3) is 0.419. The fourth-order valence-electron chi connectivity index (χ4n) is 6.96. The molecule has 0 aliphatic rings. The maximum Gasteiger partial charge on any atom is 0.353 e. The highest BCUT2D eigenvalue weighted by molar-refractivity contribution is 8.30. The van der Waals surface area contributed by atoms with E-state index in [1.54, 1.807) is 24.3 Å². The minimum absolute atomic E-state index is 0.0550. The zero-order valence-corrected chi connectivity index (χ0v) is 30.5. The van der Waals surface area contributed by atoms with Crippen LogP contribution in [-0.4, -0.2) is 11.1 Å². The number of aryl methyl sites for hydroxylation is 6. The van der Waals surface area contributed by atoms with Crippen molar-refractivity contribution in [3.63, 3.8) is 0 Å². The number of aromatic hydroxyl groups is 1. The summed E-state index contributed by atoms with van der Waals surface area (Å²) in [5, 5.41) is 10.9. The molecule has 4 rings (SSSR count). The van der Waals surface area contributed by atoms with E-state index < -0.39 is 16.3 Å². The summed E-state index contributed by atoms with van der Waals surface area (Å²) in [6.45, 7) is 13.5. The molecule has 0 aliphatic heterocycles. The van der Waals surface area contributed by atoms with Gasteiger partial charge >= 0.3 is 5.97 Å². The maximum absolute atomic E-state index is 14.7. The Kier molecular flexibility index (Phi) is 13.6. The van der Waals surface area contributed by atoms with E-state index in [9.17, 15) is 9.90 Å². The number of phenols is 1. The van der Waals surface area contributed by atoms with Crippen molar-refractivity contribution >= 4 is 16.3 Å². The molecule has 0 spiro atoms. The zero-order valence-electron chi connectivity index (χ0n) is 29.7. The summed E-state index contributed by atoms with van der Waals surface area (Å²) in [6, 6.07) is 27.0. The molecule has 0 heterocycles. The minimum atomic E-state index is -2.63. The van der Waals surface area contributed by atoms with Gasteiger partial charge in [-0.3, -0.25) is 0 Å². The topological polar surface area (TPSA) is 46.5 Å². The average molecular weight is 653 g/mol. The molecule has 0 aliphatic carbocycles. The van der Waals surface area contributed by atoms with Crippen molar-refractivity contribution in [3.8, 4) is 5.75 Å². The average Bonchev–Trinajstić information content (AvgIpc) is 3.05. The van der Waals surface area contributed by atoms with Gasteiger partial charge in [-0.1, -0.05) is 135 Å². The van der Waals surface area contributed by atoms with Gasteiger partial charge < -0.3 is 9.29 Å². The van der Waals surface area contributed by atoms with Gasteiger partial charge in [0.15, 0.2) is 0 Å². The quantitative estimate of drug-likeness (QED) is 0.123. The lowest BCUT2D eigenvalue weighted by Gasteiger charge is -2.45. The van der Waals surface area contributed by atoms with Crippen molar-refractivity contribution < 1.29 is 14.1 Å². The Balaban J connectivity index is 2.29. The van der Waals surface area contributed by atoms with Crippen LogP contribution in [-0.2, 0) is 42.7 Å². The molecule has 1 N–H and O–H groups in total. The van der Waals surface area contributed by atoms with Gasteiger partial charge in [0.1, 0.15) is 11.3 Å². The monoisotopic (exact) mass is 652 g/mol. The highest BCUT2D eigenvalue weighted by Crippen LogP contribution is 2.73. The largest absolute Gasteiger partial charge is 0.507 e. The second kappa shape index (κ2) is 17.6. The van der Waals surface area contributed by atoms with Gasteiger partial charge in [0.25, 0.3) is 0 Å². The van der Waals surface area contributed by atoms with Gasteiger partial charge in [0.05, 0.1) is 0 Å². The zero-order chi connectivity index (χ0) is 33.8. The number of hydrogen-bond donors (Lipinski definition) is 1. The summed E-state index contributed by atoms with van der Waals surface area (Å²) in [4.78, 5) is 18.1. The lowest BCUT2D eigenvalue weighted by Crippen LogP contribution is -2.20. The predicted octanol–water partition coefficient (Wildman–Crippen LogP) is 12.2. The number of para-hydroxylation sites is 1. The Hall–Kier alpha value is -3.50. The first-order valence-corrected chi connectivity index (χ1v) is 19.6. The summed E-state index contributed by atoms with van der Waals surface area (Å²) in [7, 11) is -2.63. The lowest BCUT2D eigenvalue weighted by atomic mass is 9.97. The number of benzene rings is 4. The van der Waals surface area contributed by atoms with Crippen LogP contribution < -0.4 is 0 Å². The van der Waals surface area contributed by atoms with Gasteiger partial charge in [0, 0.05) is 14.7 Å². The van der Waals surface area contributed by atoms with Crippen LogP contribution in [0.5, 0.6) is 5.75 Å². The number of phenolic OH excluding ortho intramolecular Hbond substituents is 1. The molecule has 4 aromatic carbocycles. The van der Waals surface area contributed by atoms with E-state index in [0.29, 0.717) is 0 Å². The van der Waals surface area contributed by atoms with Crippen molar-refractivity contribution in [2.75, 3.05) is 0 Å². The van der Waals surface area contributed by atoms with Crippen molar-refractivity contribution in [1.29, 1.82) is 0 Å². The SMILES string of the molecule is CCCc1cc(CCC)c(S(OC(=O)c2ccccc2O)(c2ccccc2)c2c(CCC)cc(CCC)cc2CCC)c(CCC)c1. The van der Waals surface area contributed by atoms with E-state index in [0.717, 1.165) is 81.9 Å². The van der Waals surface area contributed by atoms with E-state index >= 15 is 0 Å². The molecule has 3 nitrogen and oxygen atoms in total. The van der Waals surface area contributed by atoms with Crippen molar-refractivity contribution in [2.24, 2.45) is 0 Å². The van der Waals surface area contributed by atoms with Gasteiger partial charge in [-0.05, 0) is 106 Å². The summed E-state index contributed by atoms with van der Waals surface area (Å²) in [5.74, 6) is -0.535. The number of rotatable bonds is 17. The third-order valence-corrected chi connectivity index (χ3v) is 12.3. The van der Waals surface area contributed by atoms with E-state index in [4.69, 9.17) is 4.18 Å². The van der Waals surface area contributed by atoms with Crippen LogP contribution in [0.1, 0.15) is 124 Å². The third kappa shape index (κ3) is 8.15. The van der Waals surface area contributed by atoms with Gasteiger partial charge in [-0.2, -0.15) is 0 Å². The molecule has 0 atom stereocenters. The second-order valence-corrected chi connectivity index (χ2v) is 15.3. The minimum Gasteiger partial charge on any atom is -0.507 e. The van der Waals surface area contributed by atoms with E-state index in [2.05, 4.69) is 90.1 Å². The summed E-state index contributed by atoms with van der Waals surface area (Å²) < 4.78 is 7.30. The van der Waals surface area contributed by atoms with E-state index in [1.807, 2.05) is 6.07 Å². The number of carbonyl (C=O) groups is 1. The van der Waals surface area contributed by atoms with Gasteiger partial charge in [-0.15, -0.1) is 0 Å². The van der Waals surface area contributed by atoms with Crippen molar-refractivity contribution in [2.45, 2.75) is 133 Å². The summed E-state index contributed by atoms with van der Waals surface area (Å²) >= 11 is 0. The summed E-state index contributed by atoms with van der Waals surface area (Å²) in [5.41, 5.74) is 8.06. The van der Waals surface area contributed by atoms with Crippen molar-refractivity contribution in [3.05, 3.63) is 118 Å². The first-order chi connectivity index (χ1) is 22.9. The Labute approximate surface area is 286 Å². The Morgan fingerprint density at radius 2 is 0.936 bits per heavy atom. The predicted molar refractivity (Wildman–Crippen MR) is 199 cm³/mol. The Morgan fingerprint density at radius 3 is 1.32 bits per heavy atom. The molecule has 0 bridgehead atoms. The molecule has 252 valence electrons. The Bertz CT molecular complexity index is 1480. The van der Waals surface area contributed by atoms with Gasteiger partial charge in [-0.25, -0.2) is 4.79 Å². The van der Waals surface area contributed by atoms with E-state index in [1.165, 1.54) is 43.2 Å². The van der Waals surface area contributed by atoms with Crippen LogP contribution >= 0.6 is 10.3 Å². The molecule has 0 saturated carbocycles. The number of hydrogen-bond acceptors (Lipinski definition) is 3. The molecule has 0 radical (unpaired) electrons. The van der Waals surface area contributed by atoms with Crippen LogP contribution in [0.3, 0.4) is 0 Å². The molecule has 47 heavy (non-hydrogen) atoms. The van der Waals surface area contributed by atoms with Crippen LogP contribution in [0.15, 0.2) is 93.5 Å². The van der Waals surface area contributed by atoms with Gasteiger partial charge in [0.2, 0.25) is 0 Å². The molecule has 0 amide bonds. The molecule has 4 heteroatoms. The highest BCUT2D eigenvalue weighted by Gasteiger charge is 2.42. The molecular weight excluding hydrogens is 597 g/mol. The molecule has 4 aromatic rings. The molecule has 0 fully saturated rings. The highest BCUT2D eigenvalue weighted by atomic mass is 32.3. The number of carbonyl (C=O) groups excluding carboxylic acids is 1. The van der Waals surface area contributed by atoms with Crippen molar-refractivity contribution in [1.82, 2.24) is 0 Å². The van der Waals surface area contributed by atoms with Crippen LogP contribution in [0.4, 0.5) is 0 Å². The lowest BCUT2D eigenvalue weighted by molar-refractivity contribution is 0.0754. The first kappa shape index (κ1) is 36.3. The maximum atomic E-state index is 14.7. The first-order valence-electron chi connectivity index (χ1n) is 18.1. The van der Waals surface area contributed by atoms with Crippen LogP contribution in [0.2, 0.25) is 0 Å².